The van der Waals surface area contributed by atoms with Gasteiger partial charge < -0.3 is 10.2 Å². The number of benzene rings is 2. The van der Waals surface area contributed by atoms with Crippen LogP contribution in [-0.4, -0.2) is 10.2 Å². The van der Waals surface area contributed by atoms with Gasteiger partial charge in [-0.3, -0.25) is 0 Å². The minimum Gasteiger partial charge on any atom is -0.507 e. The third-order valence-corrected chi connectivity index (χ3v) is 7.04. The summed E-state index contributed by atoms with van der Waals surface area (Å²) >= 11 is 0. The minimum absolute atomic E-state index is 0.0588. The normalized spacial score (nSPS) is 18.2. The molecule has 1 saturated carbocycles. The molecule has 2 aromatic carbocycles. The topological polar surface area (TPSA) is 40.5 Å². The van der Waals surface area contributed by atoms with Gasteiger partial charge in [0.1, 0.15) is 11.5 Å². The van der Waals surface area contributed by atoms with E-state index in [1.165, 1.54) is 62.5 Å². The Kier molecular flexibility index (Phi) is 6.93. The molecule has 2 heteroatoms. The lowest BCUT2D eigenvalue weighted by Crippen LogP contribution is -2.29. The lowest BCUT2D eigenvalue weighted by Gasteiger charge is -2.37. The van der Waals surface area contributed by atoms with Crippen molar-refractivity contribution in [1.82, 2.24) is 0 Å². The average Bonchev–Trinajstić information content (AvgIpc) is 2.74. The van der Waals surface area contributed by atoms with Crippen molar-refractivity contribution in [2.75, 3.05) is 0 Å². The molecule has 0 heterocycles. The van der Waals surface area contributed by atoms with Crippen LogP contribution < -0.4 is 0 Å². The second-order valence-corrected chi connectivity index (χ2v) is 9.33. The van der Waals surface area contributed by atoms with Crippen molar-refractivity contribution in [3.63, 3.8) is 0 Å². The lowest BCUT2D eigenvalue weighted by atomic mass is 9.67. The quantitative estimate of drug-likeness (QED) is 0.552. The van der Waals surface area contributed by atoms with Gasteiger partial charge in [0.15, 0.2) is 0 Å². The fraction of sp³-hybridized carbons (Fsp3) is 0.556. The van der Waals surface area contributed by atoms with Crippen molar-refractivity contribution >= 4 is 0 Å². The van der Waals surface area contributed by atoms with Crippen molar-refractivity contribution in [1.29, 1.82) is 0 Å². The highest BCUT2D eigenvalue weighted by Crippen LogP contribution is 2.45. The van der Waals surface area contributed by atoms with Crippen LogP contribution in [0.1, 0.15) is 97.6 Å². The SMILES string of the molecule is Cc1cc(C2(c3cc(C)c(O)c(C)c3)CCCCCCCCCC2)cc(C)c1O. The van der Waals surface area contributed by atoms with Gasteiger partial charge in [-0.25, -0.2) is 0 Å². The van der Waals surface area contributed by atoms with Gasteiger partial charge in [0, 0.05) is 5.41 Å². The van der Waals surface area contributed by atoms with E-state index in [4.69, 9.17) is 0 Å². The fourth-order valence-corrected chi connectivity index (χ4v) is 5.25. The van der Waals surface area contributed by atoms with Crippen LogP contribution in [0.5, 0.6) is 11.5 Å². The monoisotopic (exact) mass is 394 g/mol. The summed E-state index contributed by atoms with van der Waals surface area (Å²) in [4.78, 5) is 0. The largest absolute Gasteiger partial charge is 0.507 e. The van der Waals surface area contributed by atoms with Crippen molar-refractivity contribution in [3.8, 4) is 11.5 Å². The number of hydrogen-bond donors (Lipinski definition) is 2. The molecule has 29 heavy (non-hydrogen) atoms. The van der Waals surface area contributed by atoms with E-state index in [0.29, 0.717) is 11.5 Å². The Morgan fingerprint density at radius 1 is 0.517 bits per heavy atom. The van der Waals surface area contributed by atoms with Crippen LogP contribution in [0.25, 0.3) is 0 Å². The van der Waals surface area contributed by atoms with E-state index in [1.54, 1.807) is 0 Å². The molecule has 2 nitrogen and oxygen atoms in total. The molecule has 1 fully saturated rings. The van der Waals surface area contributed by atoms with Crippen LogP contribution in [0.3, 0.4) is 0 Å². The first kappa shape index (κ1) is 21.7. The molecular weight excluding hydrogens is 356 g/mol. The summed E-state index contributed by atoms with van der Waals surface area (Å²) in [5.74, 6) is 0.831. The zero-order valence-electron chi connectivity index (χ0n) is 18.8. The number of phenolic OH excluding ortho intramolecular Hbond substituents is 2. The van der Waals surface area contributed by atoms with Crippen molar-refractivity contribution in [3.05, 3.63) is 57.6 Å². The Morgan fingerprint density at radius 2 is 0.793 bits per heavy atom. The molecule has 158 valence electrons. The highest BCUT2D eigenvalue weighted by atomic mass is 16.3. The number of phenols is 2. The molecular formula is C27H38O2. The standard InChI is InChI=1S/C27H38O2/c1-19-15-23(16-20(2)25(19)28)27(24-17-21(3)26(29)22(4)18-24)13-11-9-7-5-6-8-10-12-14-27/h15-18,28-29H,5-14H2,1-4H3. The first-order chi connectivity index (χ1) is 13.8. The maximum absolute atomic E-state index is 10.4. The van der Waals surface area contributed by atoms with Crippen molar-refractivity contribution < 1.29 is 10.2 Å². The van der Waals surface area contributed by atoms with E-state index < -0.39 is 0 Å². The van der Waals surface area contributed by atoms with E-state index in [0.717, 1.165) is 35.1 Å². The summed E-state index contributed by atoms with van der Waals surface area (Å²) in [5, 5.41) is 20.8. The summed E-state index contributed by atoms with van der Waals surface area (Å²) in [6.07, 6.45) is 12.6. The third kappa shape index (κ3) is 4.63. The van der Waals surface area contributed by atoms with Crippen molar-refractivity contribution in [2.45, 2.75) is 97.3 Å². The van der Waals surface area contributed by atoms with Gasteiger partial charge in [-0.05, 0) is 73.9 Å². The molecule has 1 aliphatic rings. The number of aryl methyl sites for hydroxylation is 4. The molecule has 2 aromatic rings. The van der Waals surface area contributed by atoms with Crippen molar-refractivity contribution in [2.24, 2.45) is 0 Å². The first-order valence-corrected chi connectivity index (χ1v) is 11.5. The summed E-state index contributed by atoms with van der Waals surface area (Å²) in [5.41, 5.74) is 6.43. The summed E-state index contributed by atoms with van der Waals surface area (Å²) in [6.45, 7) is 8.05. The Labute approximate surface area is 177 Å². The molecule has 0 saturated heterocycles. The molecule has 2 N–H and O–H groups in total. The molecule has 0 bridgehead atoms. The predicted molar refractivity (Wildman–Crippen MR) is 122 cm³/mol. The fourth-order valence-electron chi connectivity index (χ4n) is 5.25. The predicted octanol–water partition coefficient (Wildman–Crippen LogP) is 7.53. The Morgan fingerprint density at radius 3 is 1.10 bits per heavy atom. The van der Waals surface area contributed by atoms with E-state index in [2.05, 4.69) is 24.3 Å². The molecule has 0 amide bonds. The number of rotatable bonds is 2. The summed E-state index contributed by atoms with van der Waals surface area (Å²) < 4.78 is 0. The third-order valence-electron chi connectivity index (χ3n) is 7.04. The van der Waals surface area contributed by atoms with Crippen LogP contribution in [0.4, 0.5) is 0 Å². The molecule has 1 aliphatic carbocycles. The summed E-state index contributed by atoms with van der Waals surface area (Å²) in [7, 11) is 0. The highest BCUT2D eigenvalue weighted by molar-refractivity contribution is 5.52. The second kappa shape index (κ2) is 9.24. The molecule has 0 spiro atoms. The van der Waals surface area contributed by atoms with E-state index >= 15 is 0 Å². The van der Waals surface area contributed by atoms with Gasteiger partial charge in [-0.1, -0.05) is 75.6 Å². The van der Waals surface area contributed by atoms with E-state index in [9.17, 15) is 10.2 Å². The van der Waals surface area contributed by atoms with Crippen LogP contribution in [-0.2, 0) is 5.41 Å². The molecule has 0 unspecified atom stereocenters. The smallest absolute Gasteiger partial charge is 0.121 e. The molecule has 3 rings (SSSR count). The summed E-state index contributed by atoms with van der Waals surface area (Å²) in [6, 6.07) is 8.83. The van der Waals surface area contributed by atoms with Gasteiger partial charge in [-0.15, -0.1) is 0 Å². The maximum atomic E-state index is 10.4. The van der Waals surface area contributed by atoms with Crippen LogP contribution in [0, 0.1) is 27.7 Å². The zero-order valence-corrected chi connectivity index (χ0v) is 18.8. The van der Waals surface area contributed by atoms with Gasteiger partial charge in [0.05, 0.1) is 0 Å². The van der Waals surface area contributed by atoms with Crippen LogP contribution >= 0.6 is 0 Å². The maximum Gasteiger partial charge on any atom is 0.121 e. The Hall–Kier alpha value is -1.96. The Bertz CT molecular complexity index is 732. The lowest BCUT2D eigenvalue weighted by molar-refractivity contribution is 0.397. The van der Waals surface area contributed by atoms with Gasteiger partial charge in [0.25, 0.3) is 0 Å². The molecule has 0 radical (unpaired) electrons. The molecule has 0 aliphatic heterocycles. The van der Waals surface area contributed by atoms with Gasteiger partial charge in [-0.2, -0.15) is 0 Å². The average molecular weight is 395 g/mol. The van der Waals surface area contributed by atoms with Gasteiger partial charge in [0.2, 0.25) is 0 Å². The number of hydrogen-bond acceptors (Lipinski definition) is 2. The Balaban J connectivity index is 2.18. The van der Waals surface area contributed by atoms with E-state index in [-0.39, 0.29) is 5.41 Å². The second-order valence-electron chi connectivity index (χ2n) is 9.33. The zero-order chi connectivity index (χ0) is 21.0. The molecule has 0 aromatic heterocycles. The first-order valence-electron chi connectivity index (χ1n) is 11.5. The highest BCUT2D eigenvalue weighted by Gasteiger charge is 2.35. The molecule has 0 atom stereocenters. The number of aromatic hydroxyl groups is 2. The van der Waals surface area contributed by atoms with Crippen LogP contribution in [0.15, 0.2) is 24.3 Å². The minimum atomic E-state index is -0.0588. The van der Waals surface area contributed by atoms with E-state index in [1.807, 2.05) is 27.7 Å². The van der Waals surface area contributed by atoms with Gasteiger partial charge >= 0.3 is 0 Å². The van der Waals surface area contributed by atoms with Crippen LogP contribution in [0.2, 0.25) is 0 Å².